The Hall–Kier alpha value is -1.31. The van der Waals surface area contributed by atoms with Gasteiger partial charge in [-0.15, -0.1) is 16.4 Å². The van der Waals surface area contributed by atoms with Crippen molar-refractivity contribution >= 4 is 11.3 Å². The second-order valence-corrected chi connectivity index (χ2v) is 5.31. The predicted molar refractivity (Wildman–Crippen MR) is 69.6 cm³/mol. The molecule has 0 aliphatic carbocycles. The number of nitrogens with zero attached hydrogens (tertiary/aromatic N) is 4. The van der Waals surface area contributed by atoms with Gasteiger partial charge in [0.05, 0.1) is 19.7 Å². The zero-order valence-corrected chi connectivity index (χ0v) is 11.4. The molecule has 0 saturated carbocycles. The van der Waals surface area contributed by atoms with E-state index in [1.165, 1.54) is 9.75 Å². The van der Waals surface area contributed by atoms with Crippen LogP contribution in [0, 0.1) is 6.92 Å². The summed E-state index contributed by atoms with van der Waals surface area (Å²) >= 11 is 1.77. The van der Waals surface area contributed by atoms with Crippen molar-refractivity contribution in [1.82, 2.24) is 25.5 Å². The second-order valence-electron chi connectivity index (χ2n) is 3.93. The molecular formula is C11H17N5OS. The molecule has 7 heteroatoms. The van der Waals surface area contributed by atoms with Crippen molar-refractivity contribution < 1.29 is 4.74 Å². The van der Waals surface area contributed by atoms with Crippen molar-refractivity contribution in [2.75, 3.05) is 20.3 Å². The van der Waals surface area contributed by atoms with Crippen molar-refractivity contribution in [3.8, 4) is 0 Å². The molecule has 0 bridgehead atoms. The van der Waals surface area contributed by atoms with Crippen LogP contribution in [0.15, 0.2) is 12.1 Å². The van der Waals surface area contributed by atoms with E-state index in [2.05, 4.69) is 39.9 Å². The van der Waals surface area contributed by atoms with Gasteiger partial charge >= 0.3 is 0 Å². The zero-order chi connectivity index (χ0) is 12.8. The summed E-state index contributed by atoms with van der Waals surface area (Å²) in [6.45, 7) is 4.96. The van der Waals surface area contributed by atoms with E-state index >= 15 is 0 Å². The van der Waals surface area contributed by atoms with Gasteiger partial charge in [-0.3, -0.25) is 0 Å². The molecule has 0 saturated heterocycles. The minimum Gasteiger partial charge on any atom is -0.383 e. The highest BCUT2D eigenvalue weighted by molar-refractivity contribution is 7.11. The lowest BCUT2D eigenvalue weighted by Gasteiger charge is -2.04. The Balaban J connectivity index is 1.91. The van der Waals surface area contributed by atoms with Crippen molar-refractivity contribution in [2.45, 2.75) is 20.0 Å². The van der Waals surface area contributed by atoms with Crippen LogP contribution in [0.1, 0.15) is 15.6 Å². The van der Waals surface area contributed by atoms with E-state index in [9.17, 15) is 0 Å². The number of tetrazole rings is 1. The van der Waals surface area contributed by atoms with E-state index in [4.69, 9.17) is 4.74 Å². The van der Waals surface area contributed by atoms with E-state index in [0.717, 1.165) is 18.9 Å². The normalized spacial score (nSPS) is 11.0. The topological polar surface area (TPSA) is 64.9 Å². The van der Waals surface area contributed by atoms with Gasteiger partial charge in [-0.2, -0.15) is 0 Å². The zero-order valence-electron chi connectivity index (χ0n) is 10.6. The molecule has 0 atom stereocenters. The van der Waals surface area contributed by atoms with Crippen molar-refractivity contribution in [3.05, 3.63) is 27.7 Å². The standard InChI is InChI=1S/C11H17N5OS/c1-9-3-4-10(18-9)8-16-11(13-14-15-16)7-12-5-6-17-2/h3-4,12H,5-8H2,1-2H3. The quantitative estimate of drug-likeness (QED) is 0.753. The van der Waals surface area contributed by atoms with Crippen LogP contribution in [0.4, 0.5) is 0 Å². The number of thiophene rings is 1. The minimum absolute atomic E-state index is 0.653. The summed E-state index contributed by atoms with van der Waals surface area (Å²) in [5.74, 6) is 0.845. The first kappa shape index (κ1) is 13.1. The maximum Gasteiger partial charge on any atom is 0.165 e. The molecule has 0 unspecified atom stereocenters. The van der Waals surface area contributed by atoms with Gasteiger partial charge in [-0.1, -0.05) is 0 Å². The lowest BCUT2D eigenvalue weighted by Crippen LogP contribution is -2.21. The number of rotatable bonds is 7. The minimum atomic E-state index is 0.653. The molecule has 2 aromatic heterocycles. The fraction of sp³-hybridized carbons (Fsp3) is 0.545. The van der Waals surface area contributed by atoms with Crippen molar-refractivity contribution in [1.29, 1.82) is 0 Å². The Morgan fingerprint density at radius 3 is 3.06 bits per heavy atom. The summed E-state index contributed by atoms with van der Waals surface area (Å²) in [4.78, 5) is 2.57. The van der Waals surface area contributed by atoms with E-state index in [1.54, 1.807) is 18.4 Å². The van der Waals surface area contributed by atoms with Crippen LogP contribution in [-0.4, -0.2) is 40.5 Å². The number of ether oxygens (including phenoxy) is 1. The molecule has 0 spiro atoms. The van der Waals surface area contributed by atoms with Crippen molar-refractivity contribution in [2.24, 2.45) is 0 Å². The van der Waals surface area contributed by atoms with Gasteiger partial charge in [-0.25, -0.2) is 4.68 Å². The third-order valence-electron chi connectivity index (χ3n) is 2.47. The Kier molecular flexibility index (Phi) is 4.80. The number of aromatic nitrogens is 4. The largest absolute Gasteiger partial charge is 0.383 e. The maximum absolute atomic E-state index is 4.97. The molecule has 18 heavy (non-hydrogen) atoms. The molecule has 1 N–H and O–H groups in total. The highest BCUT2D eigenvalue weighted by Crippen LogP contribution is 2.16. The summed E-state index contributed by atoms with van der Waals surface area (Å²) < 4.78 is 6.80. The van der Waals surface area contributed by atoms with Gasteiger partial charge in [0.15, 0.2) is 5.82 Å². The third-order valence-corrected chi connectivity index (χ3v) is 3.46. The molecule has 0 aromatic carbocycles. The van der Waals surface area contributed by atoms with E-state index in [-0.39, 0.29) is 0 Å². The summed E-state index contributed by atoms with van der Waals surface area (Å²) in [5, 5.41) is 15.0. The molecular weight excluding hydrogens is 250 g/mol. The molecule has 2 aromatic rings. The van der Waals surface area contributed by atoms with Crippen LogP contribution in [0.3, 0.4) is 0 Å². The smallest absolute Gasteiger partial charge is 0.165 e. The van der Waals surface area contributed by atoms with E-state index in [1.807, 2.05) is 4.68 Å². The van der Waals surface area contributed by atoms with Gasteiger partial charge in [-0.05, 0) is 29.5 Å². The molecule has 0 radical (unpaired) electrons. The molecule has 2 rings (SSSR count). The van der Waals surface area contributed by atoms with Gasteiger partial charge in [0.1, 0.15) is 0 Å². The van der Waals surface area contributed by atoms with Crippen LogP contribution >= 0.6 is 11.3 Å². The number of aryl methyl sites for hydroxylation is 1. The first-order valence-corrected chi connectivity index (χ1v) is 6.61. The summed E-state index contributed by atoms with van der Waals surface area (Å²) in [7, 11) is 1.69. The third kappa shape index (κ3) is 3.59. The number of nitrogens with one attached hydrogen (secondary N) is 1. The molecule has 0 amide bonds. The number of hydrogen-bond acceptors (Lipinski definition) is 6. The van der Waals surface area contributed by atoms with Crippen molar-refractivity contribution in [3.63, 3.8) is 0 Å². The summed E-state index contributed by atoms with van der Waals surface area (Å²) in [6.07, 6.45) is 0. The average molecular weight is 267 g/mol. The number of methoxy groups -OCH3 is 1. The van der Waals surface area contributed by atoms with Crippen LogP contribution in [-0.2, 0) is 17.8 Å². The first-order chi connectivity index (χ1) is 8.79. The fourth-order valence-electron chi connectivity index (χ4n) is 1.56. The molecule has 2 heterocycles. The lowest BCUT2D eigenvalue weighted by molar-refractivity contribution is 0.198. The first-order valence-electron chi connectivity index (χ1n) is 5.79. The SMILES string of the molecule is COCCNCc1nnnn1Cc1ccc(C)s1. The Morgan fingerprint density at radius 1 is 1.44 bits per heavy atom. The number of hydrogen-bond donors (Lipinski definition) is 1. The van der Waals surface area contributed by atoms with Gasteiger partial charge in [0.2, 0.25) is 0 Å². The molecule has 0 fully saturated rings. The monoisotopic (exact) mass is 267 g/mol. The van der Waals surface area contributed by atoms with Gasteiger partial charge in [0.25, 0.3) is 0 Å². The van der Waals surface area contributed by atoms with Crippen LogP contribution < -0.4 is 5.32 Å². The predicted octanol–water partition coefficient (Wildman–Crippen LogP) is 0.827. The molecule has 98 valence electrons. The van der Waals surface area contributed by atoms with E-state index in [0.29, 0.717) is 13.2 Å². The average Bonchev–Trinajstić information content (AvgIpc) is 2.95. The highest BCUT2D eigenvalue weighted by atomic mass is 32.1. The summed E-state index contributed by atoms with van der Waals surface area (Å²) in [5.41, 5.74) is 0. The Bertz CT molecular complexity index is 481. The van der Waals surface area contributed by atoms with Crippen LogP contribution in [0.25, 0.3) is 0 Å². The Morgan fingerprint density at radius 2 is 2.33 bits per heavy atom. The van der Waals surface area contributed by atoms with E-state index < -0.39 is 0 Å². The summed E-state index contributed by atoms with van der Waals surface area (Å²) in [6, 6.07) is 4.23. The Labute approximate surface area is 110 Å². The van der Waals surface area contributed by atoms with Crippen LogP contribution in [0.2, 0.25) is 0 Å². The fourth-order valence-corrected chi connectivity index (χ4v) is 2.44. The second kappa shape index (κ2) is 6.58. The van der Waals surface area contributed by atoms with Crippen LogP contribution in [0.5, 0.6) is 0 Å². The lowest BCUT2D eigenvalue weighted by atomic mass is 10.4. The van der Waals surface area contributed by atoms with Gasteiger partial charge in [0, 0.05) is 23.4 Å². The molecule has 0 aliphatic rings. The maximum atomic E-state index is 4.97. The van der Waals surface area contributed by atoms with Gasteiger partial charge < -0.3 is 10.1 Å². The highest BCUT2D eigenvalue weighted by Gasteiger charge is 2.07. The molecule has 0 aliphatic heterocycles. The molecule has 6 nitrogen and oxygen atoms in total.